The van der Waals surface area contributed by atoms with Gasteiger partial charge in [-0.1, -0.05) is 48.0 Å². The molecule has 2 aromatic carbocycles. The first-order chi connectivity index (χ1) is 10.3. The molecule has 0 spiro atoms. The molecule has 0 aliphatic carbocycles. The van der Waals surface area contributed by atoms with Crippen LogP contribution in [0.3, 0.4) is 0 Å². The second-order valence-corrected chi connectivity index (χ2v) is 5.46. The van der Waals surface area contributed by atoms with Crippen molar-refractivity contribution in [3.8, 4) is 5.75 Å². The number of para-hydroxylation sites is 1. The van der Waals surface area contributed by atoms with Crippen LogP contribution in [0.4, 0.5) is 0 Å². The molecule has 3 rings (SSSR count). The van der Waals surface area contributed by atoms with E-state index in [9.17, 15) is 0 Å². The van der Waals surface area contributed by atoms with Gasteiger partial charge in [0.25, 0.3) is 0 Å². The van der Waals surface area contributed by atoms with Crippen molar-refractivity contribution in [3.63, 3.8) is 0 Å². The fourth-order valence-corrected chi connectivity index (χ4v) is 2.90. The summed E-state index contributed by atoms with van der Waals surface area (Å²) in [6.45, 7) is 1.56. The first-order valence-electron chi connectivity index (χ1n) is 7.09. The van der Waals surface area contributed by atoms with Crippen molar-refractivity contribution >= 4 is 11.6 Å². The van der Waals surface area contributed by atoms with Crippen molar-refractivity contribution in [2.45, 2.75) is 19.1 Å². The van der Waals surface area contributed by atoms with Gasteiger partial charge in [0.1, 0.15) is 18.5 Å². The fourth-order valence-electron chi connectivity index (χ4n) is 2.65. The van der Waals surface area contributed by atoms with E-state index in [4.69, 9.17) is 26.8 Å². The van der Waals surface area contributed by atoms with Gasteiger partial charge >= 0.3 is 0 Å². The summed E-state index contributed by atoms with van der Waals surface area (Å²) in [6.07, 6.45) is 0.893. The zero-order valence-corrected chi connectivity index (χ0v) is 12.5. The number of rotatable bonds is 4. The van der Waals surface area contributed by atoms with E-state index >= 15 is 0 Å². The monoisotopic (exact) mass is 303 g/mol. The van der Waals surface area contributed by atoms with Crippen molar-refractivity contribution in [2.24, 2.45) is 5.73 Å². The van der Waals surface area contributed by atoms with Crippen LogP contribution >= 0.6 is 11.6 Å². The number of ether oxygens (including phenoxy) is 2. The molecular weight excluding hydrogens is 286 g/mol. The number of nitrogens with two attached hydrogens (primary N) is 1. The molecule has 1 aliphatic heterocycles. The first kappa shape index (κ1) is 14.4. The number of benzene rings is 2. The molecule has 0 fully saturated rings. The molecule has 0 radical (unpaired) electrons. The van der Waals surface area contributed by atoms with E-state index in [1.807, 2.05) is 24.3 Å². The fraction of sp³-hybridized carbons (Fsp3) is 0.294. The molecule has 0 amide bonds. The number of fused-ring (bicyclic) bond motifs is 1. The van der Waals surface area contributed by atoms with Crippen LogP contribution in [0.1, 0.15) is 22.8 Å². The molecule has 1 heterocycles. The standard InChI is InChI=1S/C17H18ClNO2/c18-15-7-3-5-13(10-19)17(15)21-11-16-14-6-2-1-4-12(14)8-9-20-16/h1-7,16H,8-11,19H2. The number of hydrogen-bond acceptors (Lipinski definition) is 3. The Balaban J connectivity index is 1.78. The molecule has 1 aliphatic rings. The van der Waals surface area contributed by atoms with E-state index in [0.717, 1.165) is 18.6 Å². The Hall–Kier alpha value is -1.55. The van der Waals surface area contributed by atoms with E-state index in [0.29, 0.717) is 23.9 Å². The van der Waals surface area contributed by atoms with Crippen LogP contribution in [-0.4, -0.2) is 13.2 Å². The topological polar surface area (TPSA) is 44.5 Å². The molecule has 21 heavy (non-hydrogen) atoms. The first-order valence-corrected chi connectivity index (χ1v) is 7.47. The normalized spacial score (nSPS) is 17.3. The zero-order valence-electron chi connectivity index (χ0n) is 11.7. The highest BCUT2D eigenvalue weighted by Gasteiger charge is 2.21. The maximum Gasteiger partial charge on any atom is 0.142 e. The third kappa shape index (κ3) is 3.05. The van der Waals surface area contributed by atoms with Gasteiger partial charge in [0.05, 0.1) is 11.6 Å². The lowest BCUT2D eigenvalue weighted by atomic mass is 9.98. The number of hydrogen-bond donors (Lipinski definition) is 1. The van der Waals surface area contributed by atoms with Gasteiger partial charge in [-0.25, -0.2) is 0 Å². The van der Waals surface area contributed by atoms with Crippen molar-refractivity contribution in [2.75, 3.05) is 13.2 Å². The summed E-state index contributed by atoms with van der Waals surface area (Å²) < 4.78 is 11.8. The van der Waals surface area contributed by atoms with Gasteiger partial charge < -0.3 is 15.2 Å². The molecule has 1 unspecified atom stereocenters. The predicted octanol–water partition coefficient (Wildman–Crippen LogP) is 3.49. The molecule has 0 aromatic heterocycles. The van der Waals surface area contributed by atoms with Crippen LogP contribution in [0, 0.1) is 0 Å². The summed E-state index contributed by atoms with van der Waals surface area (Å²) in [6, 6.07) is 13.9. The minimum atomic E-state index is -0.0585. The summed E-state index contributed by atoms with van der Waals surface area (Å²) in [5.74, 6) is 0.660. The van der Waals surface area contributed by atoms with E-state index in [1.165, 1.54) is 11.1 Å². The predicted molar refractivity (Wildman–Crippen MR) is 83.7 cm³/mol. The SMILES string of the molecule is NCc1cccc(Cl)c1OCC1OCCc2ccccc21. The Morgan fingerprint density at radius 3 is 2.90 bits per heavy atom. The third-order valence-electron chi connectivity index (χ3n) is 3.74. The summed E-state index contributed by atoms with van der Waals surface area (Å²) in [7, 11) is 0. The summed E-state index contributed by atoms with van der Waals surface area (Å²) in [5, 5.41) is 0.585. The van der Waals surface area contributed by atoms with Crippen LogP contribution in [0.25, 0.3) is 0 Å². The van der Waals surface area contributed by atoms with Crippen LogP contribution < -0.4 is 10.5 Å². The lowest BCUT2D eigenvalue weighted by Crippen LogP contribution is -2.22. The molecule has 4 heteroatoms. The largest absolute Gasteiger partial charge is 0.489 e. The Labute approximate surface area is 129 Å². The summed E-state index contributed by atoms with van der Waals surface area (Å²) >= 11 is 6.20. The van der Waals surface area contributed by atoms with Gasteiger partial charge in [0.2, 0.25) is 0 Å². The molecular formula is C17H18ClNO2. The van der Waals surface area contributed by atoms with Crippen LogP contribution in [0.15, 0.2) is 42.5 Å². The third-order valence-corrected chi connectivity index (χ3v) is 4.04. The maximum absolute atomic E-state index is 6.20. The Morgan fingerprint density at radius 2 is 2.05 bits per heavy atom. The second kappa shape index (κ2) is 6.48. The molecule has 110 valence electrons. The lowest BCUT2D eigenvalue weighted by molar-refractivity contribution is 0.0100. The Bertz CT molecular complexity index is 630. The lowest BCUT2D eigenvalue weighted by Gasteiger charge is -2.26. The van der Waals surface area contributed by atoms with Crippen LogP contribution in [0.5, 0.6) is 5.75 Å². The van der Waals surface area contributed by atoms with Crippen LogP contribution in [0.2, 0.25) is 5.02 Å². The average molecular weight is 304 g/mol. The van der Waals surface area contributed by atoms with E-state index < -0.39 is 0 Å². The smallest absolute Gasteiger partial charge is 0.142 e. The minimum absolute atomic E-state index is 0.0585. The van der Waals surface area contributed by atoms with E-state index in [1.54, 1.807) is 0 Å². The molecule has 2 N–H and O–H groups in total. The van der Waals surface area contributed by atoms with E-state index in [2.05, 4.69) is 18.2 Å². The van der Waals surface area contributed by atoms with Gasteiger partial charge in [-0.15, -0.1) is 0 Å². The van der Waals surface area contributed by atoms with Crippen molar-refractivity contribution in [1.29, 1.82) is 0 Å². The molecule has 0 saturated heterocycles. The Kier molecular flexibility index (Phi) is 4.44. The van der Waals surface area contributed by atoms with Gasteiger partial charge in [-0.3, -0.25) is 0 Å². The second-order valence-electron chi connectivity index (χ2n) is 5.05. The highest BCUT2D eigenvalue weighted by atomic mass is 35.5. The van der Waals surface area contributed by atoms with Crippen molar-refractivity contribution < 1.29 is 9.47 Å². The highest BCUT2D eigenvalue weighted by Crippen LogP contribution is 2.32. The molecule has 2 aromatic rings. The van der Waals surface area contributed by atoms with Gasteiger partial charge in [0.15, 0.2) is 0 Å². The summed E-state index contributed by atoms with van der Waals surface area (Å²) in [4.78, 5) is 0. The molecule has 0 saturated carbocycles. The number of halogens is 1. The van der Waals surface area contributed by atoms with Crippen molar-refractivity contribution in [3.05, 3.63) is 64.2 Å². The zero-order chi connectivity index (χ0) is 14.7. The molecule has 3 nitrogen and oxygen atoms in total. The Morgan fingerprint density at radius 1 is 1.19 bits per heavy atom. The van der Waals surface area contributed by atoms with Gasteiger partial charge in [-0.2, -0.15) is 0 Å². The van der Waals surface area contributed by atoms with Gasteiger partial charge in [0, 0.05) is 12.1 Å². The van der Waals surface area contributed by atoms with Crippen LogP contribution in [-0.2, 0) is 17.7 Å². The maximum atomic E-state index is 6.20. The van der Waals surface area contributed by atoms with Gasteiger partial charge in [-0.05, 0) is 23.6 Å². The summed E-state index contributed by atoms with van der Waals surface area (Å²) in [5.41, 5.74) is 9.17. The molecule has 0 bridgehead atoms. The van der Waals surface area contributed by atoms with E-state index in [-0.39, 0.29) is 6.10 Å². The minimum Gasteiger partial charge on any atom is -0.489 e. The molecule has 1 atom stereocenters. The average Bonchev–Trinajstić information content (AvgIpc) is 2.53. The van der Waals surface area contributed by atoms with Crippen molar-refractivity contribution in [1.82, 2.24) is 0 Å². The quantitative estimate of drug-likeness (QED) is 0.940. The highest BCUT2D eigenvalue weighted by molar-refractivity contribution is 6.32.